The molecule has 1 heterocycles. The zero-order valence-corrected chi connectivity index (χ0v) is 9.93. The van der Waals surface area contributed by atoms with Gasteiger partial charge in [0.2, 0.25) is 5.91 Å². The zero-order valence-electron chi connectivity index (χ0n) is 9.93. The molecular weight excluding hydrogens is 232 g/mol. The van der Waals surface area contributed by atoms with Crippen LogP contribution in [0.2, 0.25) is 0 Å². The van der Waals surface area contributed by atoms with Crippen LogP contribution in [0.5, 0.6) is 5.75 Å². The molecule has 90 valence electrons. The molecule has 0 aliphatic carbocycles. The molecule has 2 rings (SSSR count). The summed E-state index contributed by atoms with van der Waals surface area (Å²) in [6.45, 7) is 2.60. The Labute approximate surface area is 103 Å². The number of ether oxygens (including phenoxy) is 1. The van der Waals surface area contributed by atoms with Gasteiger partial charge in [0.1, 0.15) is 6.07 Å². The molecule has 0 saturated heterocycles. The van der Waals surface area contributed by atoms with Crippen molar-refractivity contribution in [2.75, 3.05) is 0 Å². The van der Waals surface area contributed by atoms with E-state index in [1.54, 1.807) is 24.3 Å². The largest absolute Gasteiger partial charge is 0.423 e. The van der Waals surface area contributed by atoms with E-state index in [-0.39, 0.29) is 17.4 Å². The van der Waals surface area contributed by atoms with Crippen LogP contribution in [0.1, 0.15) is 24.3 Å². The van der Waals surface area contributed by atoms with E-state index >= 15 is 0 Å². The molecule has 0 atom stereocenters. The lowest BCUT2D eigenvalue weighted by Crippen LogP contribution is -2.09. The Morgan fingerprint density at radius 1 is 1.28 bits per heavy atom. The average Bonchev–Trinajstić information content (AvgIpc) is 2.63. The summed E-state index contributed by atoms with van der Waals surface area (Å²) in [7, 11) is 0. The van der Waals surface area contributed by atoms with Crippen molar-refractivity contribution in [1.82, 2.24) is 4.57 Å². The number of aromatic nitrogens is 1. The van der Waals surface area contributed by atoms with Gasteiger partial charge < -0.3 is 4.74 Å². The Bertz CT molecular complexity index is 692. The van der Waals surface area contributed by atoms with Gasteiger partial charge in [-0.2, -0.15) is 5.26 Å². The van der Waals surface area contributed by atoms with Gasteiger partial charge in [0.15, 0.2) is 11.4 Å². The number of fused-ring (bicyclic) bond motifs is 1. The van der Waals surface area contributed by atoms with Gasteiger partial charge in [-0.3, -0.25) is 14.2 Å². The summed E-state index contributed by atoms with van der Waals surface area (Å²) in [5.41, 5.74) is 0.594. The molecule has 0 unspecified atom stereocenters. The lowest BCUT2D eigenvalue weighted by Gasteiger charge is -2.00. The van der Waals surface area contributed by atoms with E-state index in [2.05, 4.69) is 0 Å². The minimum Gasteiger partial charge on any atom is -0.423 e. The van der Waals surface area contributed by atoms with Gasteiger partial charge in [-0.25, -0.2) is 0 Å². The van der Waals surface area contributed by atoms with Crippen LogP contribution in [0.25, 0.3) is 10.9 Å². The SMILES string of the molecule is CC(=O)Oc1c(C#N)n(C(C)=O)c2ccccc12. The molecule has 0 spiro atoms. The molecule has 2 aromatic rings. The molecule has 1 aromatic carbocycles. The van der Waals surface area contributed by atoms with Crippen molar-refractivity contribution in [3.8, 4) is 11.8 Å². The molecule has 0 fully saturated rings. The minimum atomic E-state index is -0.530. The number of benzene rings is 1. The van der Waals surface area contributed by atoms with Crippen molar-refractivity contribution in [3.05, 3.63) is 30.0 Å². The van der Waals surface area contributed by atoms with Crippen LogP contribution in [0.4, 0.5) is 0 Å². The van der Waals surface area contributed by atoms with E-state index in [1.807, 2.05) is 6.07 Å². The normalized spacial score (nSPS) is 10.1. The summed E-state index contributed by atoms with van der Waals surface area (Å²) in [5.74, 6) is -0.699. The van der Waals surface area contributed by atoms with Crippen LogP contribution in [-0.4, -0.2) is 16.4 Å². The molecule has 0 bridgehead atoms. The number of nitrogens with zero attached hydrogens (tertiary/aromatic N) is 2. The van der Waals surface area contributed by atoms with Crippen molar-refractivity contribution in [2.45, 2.75) is 13.8 Å². The summed E-state index contributed by atoms with van der Waals surface area (Å²) in [5, 5.41) is 9.72. The number of hydrogen-bond donors (Lipinski definition) is 0. The highest BCUT2D eigenvalue weighted by molar-refractivity contribution is 5.99. The first-order valence-corrected chi connectivity index (χ1v) is 5.29. The van der Waals surface area contributed by atoms with Crippen molar-refractivity contribution in [3.63, 3.8) is 0 Å². The maximum Gasteiger partial charge on any atom is 0.308 e. The first-order chi connectivity index (χ1) is 8.56. The van der Waals surface area contributed by atoms with E-state index in [0.29, 0.717) is 10.9 Å². The highest BCUT2D eigenvalue weighted by Crippen LogP contribution is 2.32. The summed E-state index contributed by atoms with van der Waals surface area (Å²) in [4.78, 5) is 22.7. The fourth-order valence-electron chi connectivity index (χ4n) is 1.89. The number of carbonyl (C=O) groups excluding carboxylic acids is 2. The van der Waals surface area contributed by atoms with Crippen molar-refractivity contribution in [1.29, 1.82) is 5.26 Å². The van der Waals surface area contributed by atoms with Crippen LogP contribution in [0, 0.1) is 11.3 Å². The Hall–Kier alpha value is -2.61. The fraction of sp³-hybridized carbons (Fsp3) is 0.154. The lowest BCUT2D eigenvalue weighted by molar-refractivity contribution is -0.131. The smallest absolute Gasteiger partial charge is 0.308 e. The van der Waals surface area contributed by atoms with Gasteiger partial charge in [0, 0.05) is 19.2 Å². The quantitative estimate of drug-likeness (QED) is 0.718. The molecule has 18 heavy (non-hydrogen) atoms. The van der Waals surface area contributed by atoms with Crippen LogP contribution in [0.3, 0.4) is 0 Å². The van der Waals surface area contributed by atoms with Gasteiger partial charge in [-0.1, -0.05) is 12.1 Å². The van der Waals surface area contributed by atoms with E-state index < -0.39 is 5.97 Å². The molecule has 1 aromatic heterocycles. The van der Waals surface area contributed by atoms with Crippen molar-refractivity contribution < 1.29 is 14.3 Å². The third-order valence-corrected chi connectivity index (χ3v) is 2.49. The average molecular weight is 242 g/mol. The maximum absolute atomic E-state index is 11.6. The van der Waals surface area contributed by atoms with E-state index in [1.165, 1.54) is 18.4 Å². The fourth-order valence-corrected chi connectivity index (χ4v) is 1.89. The Morgan fingerprint density at radius 2 is 1.94 bits per heavy atom. The summed E-state index contributed by atoms with van der Waals surface area (Å²) >= 11 is 0. The van der Waals surface area contributed by atoms with Gasteiger partial charge in [0.25, 0.3) is 0 Å². The highest BCUT2D eigenvalue weighted by atomic mass is 16.5. The van der Waals surface area contributed by atoms with Crippen LogP contribution >= 0.6 is 0 Å². The number of hydrogen-bond acceptors (Lipinski definition) is 4. The molecule has 0 radical (unpaired) electrons. The van der Waals surface area contributed by atoms with Crippen molar-refractivity contribution in [2.24, 2.45) is 0 Å². The third kappa shape index (κ3) is 1.74. The number of rotatable bonds is 1. The summed E-state index contributed by atoms with van der Waals surface area (Å²) in [6.07, 6.45) is 0. The lowest BCUT2D eigenvalue weighted by atomic mass is 10.2. The summed E-state index contributed by atoms with van der Waals surface area (Å²) in [6, 6.07) is 8.81. The molecule has 0 aliphatic rings. The second kappa shape index (κ2) is 4.34. The standard InChI is InChI=1S/C13H10N2O3/c1-8(16)15-11-6-4-3-5-10(11)13(12(15)7-14)18-9(2)17/h3-6H,1-2H3. The first-order valence-electron chi connectivity index (χ1n) is 5.29. The second-order valence-electron chi connectivity index (χ2n) is 3.75. The van der Waals surface area contributed by atoms with Gasteiger partial charge in [0.05, 0.1) is 5.52 Å². The van der Waals surface area contributed by atoms with Gasteiger partial charge >= 0.3 is 5.97 Å². The summed E-state index contributed by atoms with van der Waals surface area (Å²) < 4.78 is 6.29. The van der Waals surface area contributed by atoms with Crippen LogP contribution in [-0.2, 0) is 4.79 Å². The molecule has 0 saturated carbocycles. The molecule has 5 heteroatoms. The van der Waals surface area contributed by atoms with E-state index in [4.69, 9.17) is 10.00 Å². The maximum atomic E-state index is 11.6. The third-order valence-electron chi connectivity index (χ3n) is 2.49. The molecule has 5 nitrogen and oxygen atoms in total. The number of esters is 1. The second-order valence-corrected chi connectivity index (χ2v) is 3.75. The number of carbonyl (C=O) groups is 2. The highest BCUT2D eigenvalue weighted by Gasteiger charge is 2.21. The monoisotopic (exact) mass is 242 g/mol. The molecule has 0 aliphatic heterocycles. The van der Waals surface area contributed by atoms with E-state index in [0.717, 1.165) is 0 Å². The van der Waals surface area contributed by atoms with E-state index in [9.17, 15) is 9.59 Å². The first kappa shape index (κ1) is 11.9. The van der Waals surface area contributed by atoms with Crippen molar-refractivity contribution >= 4 is 22.8 Å². The van der Waals surface area contributed by atoms with Gasteiger partial charge in [-0.05, 0) is 12.1 Å². The Balaban J connectivity index is 2.87. The predicted molar refractivity (Wildman–Crippen MR) is 64.3 cm³/mol. The molecule has 0 amide bonds. The predicted octanol–water partition coefficient (Wildman–Crippen LogP) is 2.10. The Morgan fingerprint density at radius 3 is 2.50 bits per heavy atom. The Kier molecular flexibility index (Phi) is 2.86. The zero-order chi connectivity index (χ0) is 13.3. The number of nitriles is 1. The molecule has 0 N–H and O–H groups in total. The van der Waals surface area contributed by atoms with Crippen LogP contribution in [0.15, 0.2) is 24.3 Å². The van der Waals surface area contributed by atoms with Gasteiger partial charge in [-0.15, -0.1) is 0 Å². The number of para-hydroxylation sites is 1. The minimum absolute atomic E-state index is 0.0406. The topological polar surface area (TPSA) is 72.1 Å². The molecular formula is C13H10N2O3. The van der Waals surface area contributed by atoms with Crippen LogP contribution < -0.4 is 4.74 Å².